The Balaban J connectivity index is 2.03. The highest BCUT2D eigenvalue weighted by Crippen LogP contribution is 2.27. The van der Waals surface area contributed by atoms with Gasteiger partial charge < -0.3 is 15.3 Å². The molecule has 100 valence electrons. The van der Waals surface area contributed by atoms with E-state index in [0.29, 0.717) is 12.5 Å². The van der Waals surface area contributed by atoms with Crippen LogP contribution in [0.5, 0.6) is 0 Å². The van der Waals surface area contributed by atoms with Crippen molar-refractivity contribution < 1.29 is 5.11 Å². The van der Waals surface area contributed by atoms with Gasteiger partial charge in [-0.05, 0) is 43.5 Å². The molecule has 3 nitrogen and oxygen atoms in total. The number of halogens is 1. The van der Waals surface area contributed by atoms with Gasteiger partial charge in [0.2, 0.25) is 0 Å². The highest BCUT2D eigenvalue weighted by Gasteiger charge is 2.19. The molecule has 1 aromatic carbocycles. The number of nitrogens with zero attached hydrogens (tertiary/aromatic N) is 1. The van der Waals surface area contributed by atoms with Crippen LogP contribution in [-0.2, 0) is 6.54 Å². The van der Waals surface area contributed by atoms with E-state index in [1.54, 1.807) is 0 Å². The van der Waals surface area contributed by atoms with E-state index in [9.17, 15) is 0 Å². The van der Waals surface area contributed by atoms with Crippen molar-refractivity contribution in [2.75, 3.05) is 31.6 Å². The maximum absolute atomic E-state index is 9.14. The normalized spacial score (nSPS) is 17.2. The van der Waals surface area contributed by atoms with E-state index in [-0.39, 0.29) is 0 Å². The molecule has 0 saturated carbocycles. The number of hydrogen-bond donors (Lipinski definition) is 2. The molecule has 2 N–H and O–H groups in total. The Labute approximate surface area is 114 Å². The third-order valence-electron chi connectivity index (χ3n) is 3.64. The molecule has 0 atom stereocenters. The van der Waals surface area contributed by atoms with Crippen molar-refractivity contribution in [2.24, 2.45) is 5.92 Å². The fraction of sp³-hybridized carbons (Fsp3) is 0.571. The largest absolute Gasteiger partial charge is 0.396 e. The zero-order chi connectivity index (χ0) is 13.0. The number of aliphatic hydroxyl groups is 1. The van der Waals surface area contributed by atoms with E-state index in [1.807, 2.05) is 13.1 Å². The van der Waals surface area contributed by atoms with Crippen molar-refractivity contribution in [3.63, 3.8) is 0 Å². The Morgan fingerprint density at radius 1 is 1.39 bits per heavy atom. The Kier molecular flexibility index (Phi) is 4.87. The molecule has 1 saturated heterocycles. The number of nitrogens with one attached hydrogen (secondary N) is 1. The lowest BCUT2D eigenvalue weighted by Gasteiger charge is -2.33. The molecule has 1 heterocycles. The van der Waals surface area contributed by atoms with Crippen molar-refractivity contribution in [3.8, 4) is 0 Å². The smallest absolute Gasteiger partial charge is 0.0471 e. The summed E-state index contributed by atoms with van der Waals surface area (Å²) in [7, 11) is 1.92. The number of piperidine rings is 1. The Bertz CT molecular complexity index is 389. The lowest BCUT2D eigenvalue weighted by atomic mass is 9.97. The van der Waals surface area contributed by atoms with Gasteiger partial charge in [-0.15, -0.1) is 0 Å². The number of hydrogen-bond acceptors (Lipinski definition) is 3. The van der Waals surface area contributed by atoms with E-state index < -0.39 is 0 Å². The molecule has 0 spiro atoms. The summed E-state index contributed by atoms with van der Waals surface area (Å²) in [5.41, 5.74) is 2.32. The molecule has 0 radical (unpaired) electrons. The van der Waals surface area contributed by atoms with E-state index >= 15 is 0 Å². The molecular weight excluding hydrogens is 248 g/mol. The minimum atomic E-state index is 0.315. The van der Waals surface area contributed by atoms with Gasteiger partial charge in [-0.2, -0.15) is 0 Å². The van der Waals surface area contributed by atoms with Crippen molar-refractivity contribution in [1.82, 2.24) is 5.32 Å². The van der Waals surface area contributed by atoms with Crippen LogP contribution in [0.3, 0.4) is 0 Å². The molecule has 0 aromatic heterocycles. The number of benzene rings is 1. The third kappa shape index (κ3) is 3.16. The molecule has 4 heteroatoms. The first kappa shape index (κ1) is 13.7. The fourth-order valence-electron chi connectivity index (χ4n) is 2.44. The second-order valence-corrected chi connectivity index (χ2v) is 5.33. The molecule has 18 heavy (non-hydrogen) atoms. The Morgan fingerprint density at radius 2 is 2.11 bits per heavy atom. The summed E-state index contributed by atoms with van der Waals surface area (Å²) in [5, 5.41) is 13.1. The van der Waals surface area contributed by atoms with E-state index in [1.165, 1.54) is 5.69 Å². The van der Waals surface area contributed by atoms with Gasteiger partial charge in [-0.1, -0.05) is 17.7 Å². The molecule has 1 aliphatic heterocycles. The number of rotatable bonds is 4. The monoisotopic (exact) mass is 268 g/mol. The highest BCUT2D eigenvalue weighted by molar-refractivity contribution is 6.31. The lowest BCUT2D eigenvalue weighted by Crippen LogP contribution is -2.34. The van der Waals surface area contributed by atoms with Gasteiger partial charge >= 0.3 is 0 Å². The summed E-state index contributed by atoms with van der Waals surface area (Å²) in [4.78, 5) is 2.35. The number of anilines is 1. The summed E-state index contributed by atoms with van der Waals surface area (Å²) >= 11 is 6.28. The summed E-state index contributed by atoms with van der Waals surface area (Å²) in [5.74, 6) is 0.472. The van der Waals surface area contributed by atoms with Crippen LogP contribution in [0.25, 0.3) is 0 Å². The standard InChI is InChI=1S/C14H21ClN2O/c1-16-9-12-2-3-13(8-14(12)15)17-6-4-11(10-18)5-7-17/h2-3,8,11,16,18H,4-7,9-10H2,1H3. The van der Waals surface area contributed by atoms with Gasteiger partial charge in [-0.25, -0.2) is 0 Å². The average molecular weight is 269 g/mol. The van der Waals surface area contributed by atoms with Crippen molar-refractivity contribution in [2.45, 2.75) is 19.4 Å². The van der Waals surface area contributed by atoms with Gasteiger partial charge in [0.25, 0.3) is 0 Å². The maximum Gasteiger partial charge on any atom is 0.0471 e. The third-order valence-corrected chi connectivity index (χ3v) is 3.99. The quantitative estimate of drug-likeness (QED) is 0.879. The first-order chi connectivity index (χ1) is 8.74. The average Bonchev–Trinajstić information content (AvgIpc) is 2.41. The molecule has 1 aromatic rings. The van der Waals surface area contributed by atoms with Crippen molar-refractivity contribution in [3.05, 3.63) is 28.8 Å². The minimum absolute atomic E-state index is 0.315. The minimum Gasteiger partial charge on any atom is -0.396 e. The molecule has 0 unspecified atom stereocenters. The second-order valence-electron chi connectivity index (χ2n) is 4.92. The summed E-state index contributed by atoms with van der Waals surface area (Å²) in [6, 6.07) is 6.28. The predicted octanol–water partition coefficient (Wildman–Crippen LogP) is 2.27. The van der Waals surface area contributed by atoms with Crippen LogP contribution in [0.15, 0.2) is 18.2 Å². The van der Waals surface area contributed by atoms with Crippen LogP contribution in [0.1, 0.15) is 18.4 Å². The predicted molar refractivity (Wildman–Crippen MR) is 76.2 cm³/mol. The van der Waals surface area contributed by atoms with Gasteiger partial charge in [0.1, 0.15) is 0 Å². The molecule has 1 aliphatic rings. The van der Waals surface area contributed by atoms with Crippen LogP contribution in [0.4, 0.5) is 5.69 Å². The summed E-state index contributed by atoms with van der Waals surface area (Å²) < 4.78 is 0. The summed E-state index contributed by atoms with van der Waals surface area (Å²) in [6.07, 6.45) is 2.12. The molecule has 0 aliphatic carbocycles. The van der Waals surface area contributed by atoms with Crippen LogP contribution in [-0.4, -0.2) is 31.9 Å². The van der Waals surface area contributed by atoms with Crippen LogP contribution in [0, 0.1) is 5.92 Å². The van der Waals surface area contributed by atoms with Crippen LogP contribution >= 0.6 is 11.6 Å². The maximum atomic E-state index is 9.14. The number of aliphatic hydroxyl groups excluding tert-OH is 1. The summed E-state index contributed by atoms with van der Waals surface area (Å²) in [6.45, 7) is 3.13. The van der Waals surface area contributed by atoms with E-state index in [2.05, 4.69) is 22.3 Å². The lowest BCUT2D eigenvalue weighted by molar-refractivity contribution is 0.203. The zero-order valence-corrected chi connectivity index (χ0v) is 11.6. The zero-order valence-electron chi connectivity index (χ0n) is 10.8. The van der Waals surface area contributed by atoms with Gasteiger partial charge in [0, 0.05) is 37.0 Å². The fourth-order valence-corrected chi connectivity index (χ4v) is 2.68. The van der Waals surface area contributed by atoms with E-state index in [4.69, 9.17) is 16.7 Å². The molecule has 2 rings (SSSR count). The van der Waals surface area contributed by atoms with Gasteiger partial charge in [0.15, 0.2) is 0 Å². The molecule has 0 bridgehead atoms. The Hall–Kier alpha value is -0.770. The molecule has 1 fully saturated rings. The second kappa shape index (κ2) is 6.41. The van der Waals surface area contributed by atoms with Crippen molar-refractivity contribution in [1.29, 1.82) is 0 Å². The molecule has 0 amide bonds. The van der Waals surface area contributed by atoms with Crippen molar-refractivity contribution >= 4 is 17.3 Å². The van der Waals surface area contributed by atoms with Crippen LogP contribution < -0.4 is 10.2 Å². The highest BCUT2D eigenvalue weighted by atomic mass is 35.5. The van der Waals surface area contributed by atoms with Gasteiger partial charge in [-0.3, -0.25) is 0 Å². The SMILES string of the molecule is CNCc1ccc(N2CCC(CO)CC2)cc1Cl. The van der Waals surface area contributed by atoms with Gasteiger partial charge in [0.05, 0.1) is 0 Å². The molecular formula is C14H21ClN2O. The van der Waals surface area contributed by atoms with Crippen LogP contribution in [0.2, 0.25) is 5.02 Å². The Morgan fingerprint density at radius 3 is 2.67 bits per heavy atom. The first-order valence-electron chi connectivity index (χ1n) is 6.53. The topological polar surface area (TPSA) is 35.5 Å². The van der Waals surface area contributed by atoms with E-state index in [0.717, 1.165) is 43.1 Å². The first-order valence-corrected chi connectivity index (χ1v) is 6.91.